The molecule has 0 aromatic rings. The van der Waals surface area contributed by atoms with E-state index in [0.29, 0.717) is 18.4 Å². The molecule has 2 rings (SSSR count). The van der Waals surface area contributed by atoms with Gasteiger partial charge in [-0.15, -0.1) is 0 Å². The molecule has 0 spiro atoms. The number of nitrogens with one attached hydrogen (secondary N) is 1. The number of ether oxygens (including phenoxy) is 1. The predicted octanol–water partition coefficient (Wildman–Crippen LogP) is 2.13. The molecular formula is C13H21NO3. The number of amides is 1. The van der Waals surface area contributed by atoms with E-state index < -0.39 is 6.09 Å². The van der Waals surface area contributed by atoms with Crippen molar-refractivity contribution in [1.29, 1.82) is 0 Å². The van der Waals surface area contributed by atoms with Crippen molar-refractivity contribution in [3.63, 3.8) is 0 Å². The summed E-state index contributed by atoms with van der Waals surface area (Å²) < 4.78 is 5.21. The second-order valence-corrected chi connectivity index (χ2v) is 5.40. The Bertz CT molecular complexity index is 329. The summed E-state index contributed by atoms with van der Waals surface area (Å²) in [5.74, 6) is 1.29. The van der Waals surface area contributed by atoms with Gasteiger partial charge in [0.1, 0.15) is 12.4 Å². The van der Waals surface area contributed by atoms with E-state index in [1.54, 1.807) is 6.92 Å². The molecule has 0 radical (unpaired) electrons. The lowest BCUT2D eigenvalue weighted by molar-refractivity contribution is -0.132. The molecule has 2 fully saturated rings. The number of rotatable bonds is 4. The highest BCUT2D eigenvalue weighted by Gasteiger charge is 2.54. The number of ketones is 1. The molecule has 2 bridgehead atoms. The molecule has 17 heavy (non-hydrogen) atoms. The zero-order valence-corrected chi connectivity index (χ0v) is 10.6. The van der Waals surface area contributed by atoms with Crippen LogP contribution in [-0.4, -0.2) is 25.0 Å². The highest BCUT2D eigenvalue weighted by Crippen LogP contribution is 2.56. The summed E-state index contributed by atoms with van der Waals surface area (Å²) in [6.07, 6.45) is 3.99. The molecule has 0 saturated heterocycles. The van der Waals surface area contributed by atoms with E-state index in [0.717, 1.165) is 19.3 Å². The third-order valence-electron chi connectivity index (χ3n) is 4.46. The fourth-order valence-electron chi connectivity index (χ4n) is 3.54. The van der Waals surface area contributed by atoms with E-state index in [4.69, 9.17) is 4.74 Å². The summed E-state index contributed by atoms with van der Waals surface area (Å²) in [6.45, 7) is 4.30. The topological polar surface area (TPSA) is 55.4 Å². The van der Waals surface area contributed by atoms with Crippen molar-refractivity contribution in [2.45, 2.75) is 39.5 Å². The van der Waals surface area contributed by atoms with Crippen LogP contribution < -0.4 is 5.32 Å². The molecule has 4 heteroatoms. The minimum absolute atomic E-state index is 0.189. The Hall–Kier alpha value is -1.06. The Balaban J connectivity index is 1.99. The first-order valence-electron chi connectivity index (χ1n) is 6.50. The summed E-state index contributed by atoms with van der Waals surface area (Å²) >= 11 is 0. The summed E-state index contributed by atoms with van der Waals surface area (Å²) in [5.41, 5.74) is -0.381. The molecule has 4 nitrogen and oxygen atoms in total. The van der Waals surface area contributed by atoms with Crippen molar-refractivity contribution in [2.75, 3.05) is 13.2 Å². The van der Waals surface area contributed by atoms with Crippen LogP contribution in [0.4, 0.5) is 4.79 Å². The average molecular weight is 239 g/mol. The van der Waals surface area contributed by atoms with Gasteiger partial charge in [-0.25, -0.2) is 4.79 Å². The molecule has 2 saturated carbocycles. The smallest absolute Gasteiger partial charge is 0.407 e. The molecule has 3 unspecified atom stereocenters. The molecule has 0 aromatic carbocycles. The first-order valence-corrected chi connectivity index (χ1v) is 6.50. The highest BCUT2D eigenvalue weighted by molar-refractivity contribution is 5.84. The molecule has 0 aromatic heterocycles. The van der Waals surface area contributed by atoms with Gasteiger partial charge in [0.2, 0.25) is 0 Å². The molecule has 1 N–H and O–H groups in total. The van der Waals surface area contributed by atoms with Gasteiger partial charge in [0.05, 0.1) is 5.41 Å². The van der Waals surface area contributed by atoms with E-state index in [9.17, 15) is 9.59 Å². The fourth-order valence-corrected chi connectivity index (χ4v) is 3.54. The monoisotopic (exact) mass is 239 g/mol. The minimum atomic E-state index is -0.407. The summed E-state index contributed by atoms with van der Waals surface area (Å²) in [7, 11) is 0. The van der Waals surface area contributed by atoms with Crippen LogP contribution in [0.5, 0.6) is 0 Å². The largest absolute Gasteiger partial charge is 0.448 e. The van der Waals surface area contributed by atoms with Gasteiger partial charge in [0.15, 0.2) is 0 Å². The fraction of sp³-hybridized carbons (Fsp3) is 0.846. The Kier molecular flexibility index (Phi) is 3.40. The maximum absolute atomic E-state index is 11.9. The average Bonchev–Trinajstić information content (AvgIpc) is 2.87. The second-order valence-electron chi connectivity index (χ2n) is 5.40. The first kappa shape index (κ1) is 12.4. The van der Waals surface area contributed by atoms with Crippen molar-refractivity contribution >= 4 is 11.9 Å². The molecule has 96 valence electrons. The van der Waals surface area contributed by atoms with Gasteiger partial charge >= 0.3 is 6.09 Å². The van der Waals surface area contributed by atoms with Crippen LogP contribution in [0.1, 0.15) is 39.5 Å². The van der Waals surface area contributed by atoms with E-state index in [-0.39, 0.29) is 17.8 Å². The van der Waals surface area contributed by atoms with Gasteiger partial charge in [0, 0.05) is 6.54 Å². The van der Waals surface area contributed by atoms with E-state index in [1.807, 2.05) is 6.92 Å². The molecule has 0 heterocycles. The standard InChI is InChI=1S/C13H21NO3/c1-3-14-12(16)17-8-13(9(2)15)7-10-4-5-11(13)6-10/h10-11H,3-8H2,1-2H3,(H,14,16). The second kappa shape index (κ2) is 4.67. The Labute approximate surface area is 102 Å². The van der Waals surface area contributed by atoms with Gasteiger partial charge in [-0.2, -0.15) is 0 Å². The van der Waals surface area contributed by atoms with Gasteiger partial charge in [0.25, 0.3) is 0 Å². The molecule has 1 amide bonds. The number of carbonyl (C=O) groups is 2. The number of Topliss-reactive ketones (excluding diaryl/α,β-unsaturated/α-hetero) is 1. The van der Waals surface area contributed by atoms with Crippen LogP contribution in [0, 0.1) is 17.3 Å². The number of hydrogen-bond donors (Lipinski definition) is 1. The zero-order chi connectivity index (χ0) is 12.5. The van der Waals surface area contributed by atoms with Crippen molar-refractivity contribution in [3.05, 3.63) is 0 Å². The van der Waals surface area contributed by atoms with Crippen molar-refractivity contribution in [1.82, 2.24) is 5.32 Å². The molecular weight excluding hydrogens is 218 g/mol. The SMILES string of the molecule is CCNC(=O)OCC1(C(C)=O)CC2CCC1C2. The normalized spacial score (nSPS) is 34.7. The maximum atomic E-state index is 11.9. The van der Waals surface area contributed by atoms with E-state index in [2.05, 4.69) is 5.32 Å². The first-order chi connectivity index (χ1) is 8.08. The van der Waals surface area contributed by atoms with Gasteiger partial charge in [-0.3, -0.25) is 4.79 Å². The Morgan fingerprint density at radius 1 is 1.41 bits per heavy atom. The quantitative estimate of drug-likeness (QED) is 0.817. The Morgan fingerprint density at radius 2 is 2.18 bits per heavy atom. The van der Waals surface area contributed by atoms with Crippen LogP contribution in [0.2, 0.25) is 0 Å². The summed E-state index contributed by atoms with van der Waals surface area (Å²) in [5, 5.41) is 2.60. The van der Waals surface area contributed by atoms with E-state index >= 15 is 0 Å². The zero-order valence-electron chi connectivity index (χ0n) is 10.6. The molecule has 3 atom stereocenters. The van der Waals surface area contributed by atoms with Gasteiger partial charge < -0.3 is 10.1 Å². The van der Waals surface area contributed by atoms with Crippen LogP contribution in [0.3, 0.4) is 0 Å². The van der Waals surface area contributed by atoms with Crippen molar-refractivity contribution < 1.29 is 14.3 Å². The molecule has 2 aliphatic carbocycles. The van der Waals surface area contributed by atoms with Gasteiger partial charge in [-0.05, 0) is 44.9 Å². The third-order valence-corrected chi connectivity index (χ3v) is 4.46. The van der Waals surface area contributed by atoms with Crippen molar-refractivity contribution in [2.24, 2.45) is 17.3 Å². The van der Waals surface area contributed by atoms with Crippen LogP contribution >= 0.6 is 0 Å². The number of alkyl carbamates (subject to hydrolysis) is 1. The van der Waals surface area contributed by atoms with Crippen LogP contribution in [0.25, 0.3) is 0 Å². The lowest BCUT2D eigenvalue weighted by Crippen LogP contribution is -2.41. The number of carbonyl (C=O) groups excluding carboxylic acids is 2. The van der Waals surface area contributed by atoms with Crippen LogP contribution in [0.15, 0.2) is 0 Å². The van der Waals surface area contributed by atoms with E-state index in [1.165, 1.54) is 6.42 Å². The third kappa shape index (κ3) is 2.17. The predicted molar refractivity (Wildman–Crippen MR) is 63.6 cm³/mol. The van der Waals surface area contributed by atoms with Gasteiger partial charge in [-0.1, -0.05) is 6.42 Å². The van der Waals surface area contributed by atoms with Crippen molar-refractivity contribution in [3.8, 4) is 0 Å². The summed E-state index contributed by atoms with van der Waals surface area (Å²) in [4.78, 5) is 23.2. The summed E-state index contributed by atoms with van der Waals surface area (Å²) in [6, 6.07) is 0. The number of fused-ring (bicyclic) bond motifs is 2. The number of hydrogen-bond acceptors (Lipinski definition) is 3. The van der Waals surface area contributed by atoms with Crippen LogP contribution in [-0.2, 0) is 9.53 Å². The minimum Gasteiger partial charge on any atom is -0.448 e. The lowest BCUT2D eigenvalue weighted by atomic mass is 9.71. The molecule has 2 aliphatic rings. The Morgan fingerprint density at radius 3 is 2.65 bits per heavy atom. The molecule has 0 aliphatic heterocycles. The lowest BCUT2D eigenvalue weighted by Gasteiger charge is -2.34. The highest BCUT2D eigenvalue weighted by atomic mass is 16.5. The maximum Gasteiger partial charge on any atom is 0.407 e.